The Morgan fingerprint density at radius 2 is 1.89 bits per heavy atom. The van der Waals surface area contributed by atoms with E-state index in [2.05, 4.69) is 5.32 Å². The maximum absolute atomic E-state index is 10.1. The van der Waals surface area contributed by atoms with E-state index in [1.54, 1.807) is 25.9 Å². The molecule has 0 aromatic heterocycles. The van der Waals surface area contributed by atoms with Crippen LogP contribution in [0.3, 0.4) is 0 Å². The second kappa shape index (κ2) is 10.2. The molecule has 7 nitrogen and oxygen atoms in total. The molecule has 3 N–H and O–H groups in total. The molecule has 0 spiro atoms. The molecule has 1 atom stereocenters. The zero-order valence-electron chi connectivity index (χ0n) is 11.4. The van der Waals surface area contributed by atoms with Crippen LogP contribution in [0.2, 0.25) is 0 Å². The van der Waals surface area contributed by atoms with Gasteiger partial charge >= 0.3 is 5.97 Å². The monoisotopic (exact) mass is 284 g/mol. The quantitative estimate of drug-likeness (QED) is 0.442. The van der Waals surface area contributed by atoms with E-state index in [1.165, 1.54) is 0 Å². The number of rotatable bonds is 7. The van der Waals surface area contributed by atoms with E-state index >= 15 is 0 Å². The van der Waals surface area contributed by atoms with Crippen LogP contribution in [0.25, 0.3) is 0 Å². The van der Waals surface area contributed by atoms with E-state index in [0.717, 1.165) is 6.54 Å². The van der Waals surface area contributed by atoms with E-state index in [0.29, 0.717) is 13.0 Å². The molecule has 0 aliphatic heterocycles. The molecule has 0 rings (SSSR count). The van der Waals surface area contributed by atoms with Gasteiger partial charge in [0.25, 0.3) is 10.1 Å². The Morgan fingerprint density at radius 3 is 2.11 bits per heavy atom. The Hall–Kier alpha value is -0.700. The fourth-order valence-corrected chi connectivity index (χ4v) is 1.29. The van der Waals surface area contributed by atoms with Crippen molar-refractivity contribution in [3.63, 3.8) is 0 Å². The lowest BCUT2D eigenvalue weighted by Gasteiger charge is -2.13. The summed E-state index contributed by atoms with van der Waals surface area (Å²) in [7, 11) is -0.275. The van der Waals surface area contributed by atoms with Crippen LogP contribution in [-0.4, -0.2) is 67.9 Å². The number of carboxylic acids is 1. The topological polar surface area (TPSA) is 107 Å². The number of hydrogen-bond donors (Lipinski definition) is 3. The zero-order chi connectivity index (χ0) is 14.8. The number of hydrogen-bond acceptors (Lipinski definition) is 5. The molecule has 0 aromatic carbocycles. The van der Waals surface area contributed by atoms with Crippen molar-refractivity contribution in [1.29, 1.82) is 0 Å². The lowest BCUT2D eigenvalue weighted by Crippen LogP contribution is -2.32. The first-order valence-electron chi connectivity index (χ1n) is 5.67. The standard InChI is InChI=1S/C5H13NO3S.C5H11NO2/c1-2-6-4-3-5-10(7,8)9;1-4(5(7)8)6(2)3/h6H,2-5H2,1H3,(H,7,8,9);4H,1-3H3,(H,7,8). The third kappa shape index (κ3) is 15.3. The highest BCUT2D eigenvalue weighted by atomic mass is 32.2. The largest absolute Gasteiger partial charge is 0.480 e. The van der Waals surface area contributed by atoms with E-state index in [1.807, 2.05) is 6.92 Å². The molecule has 0 heterocycles. The van der Waals surface area contributed by atoms with Gasteiger partial charge in [-0.25, -0.2) is 0 Å². The zero-order valence-corrected chi connectivity index (χ0v) is 12.2. The van der Waals surface area contributed by atoms with Crippen molar-refractivity contribution in [2.45, 2.75) is 26.3 Å². The van der Waals surface area contributed by atoms with Gasteiger partial charge in [0.15, 0.2) is 0 Å². The van der Waals surface area contributed by atoms with Gasteiger partial charge in [-0.3, -0.25) is 14.2 Å². The third-order valence-electron chi connectivity index (χ3n) is 2.14. The van der Waals surface area contributed by atoms with E-state index in [-0.39, 0.29) is 11.8 Å². The summed E-state index contributed by atoms with van der Waals surface area (Å²) in [5, 5.41) is 11.3. The molecule has 0 fully saturated rings. The Kier molecular flexibility index (Phi) is 11.2. The summed E-state index contributed by atoms with van der Waals surface area (Å²) in [4.78, 5) is 11.7. The fourth-order valence-electron chi connectivity index (χ4n) is 0.777. The van der Waals surface area contributed by atoms with Gasteiger partial charge in [0, 0.05) is 0 Å². The minimum Gasteiger partial charge on any atom is -0.480 e. The molecular weight excluding hydrogens is 260 g/mol. The smallest absolute Gasteiger partial charge is 0.320 e. The van der Waals surface area contributed by atoms with Gasteiger partial charge < -0.3 is 10.4 Å². The molecule has 0 saturated heterocycles. The van der Waals surface area contributed by atoms with Crippen molar-refractivity contribution in [2.24, 2.45) is 0 Å². The minimum absolute atomic E-state index is 0.153. The van der Waals surface area contributed by atoms with E-state index in [9.17, 15) is 13.2 Å². The molecular formula is C10H24N2O5S. The molecule has 0 amide bonds. The molecule has 0 aromatic rings. The van der Waals surface area contributed by atoms with Gasteiger partial charge in [-0.2, -0.15) is 8.42 Å². The van der Waals surface area contributed by atoms with Crippen LogP contribution in [0, 0.1) is 0 Å². The first-order chi connectivity index (χ1) is 8.11. The molecule has 0 radical (unpaired) electrons. The van der Waals surface area contributed by atoms with Crippen molar-refractivity contribution in [1.82, 2.24) is 10.2 Å². The van der Waals surface area contributed by atoms with Crippen molar-refractivity contribution in [3.05, 3.63) is 0 Å². The second-order valence-electron chi connectivity index (χ2n) is 3.97. The number of aliphatic carboxylic acids is 1. The summed E-state index contributed by atoms with van der Waals surface area (Å²) in [6.07, 6.45) is 0.465. The second-order valence-corrected chi connectivity index (χ2v) is 5.54. The highest BCUT2D eigenvalue weighted by Crippen LogP contribution is 1.88. The SMILES string of the molecule is CC(C(=O)O)N(C)C.CCNCCCS(=O)(=O)O. The van der Waals surface area contributed by atoms with Gasteiger partial charge in [-0.15, -0.1) is 0 Å². The van der Waals surface area contributed by atoms with Crippen LogP contribution in [0.5, 0.6) is 0 Å². The Balaban J connectivity index is 0. The number of nitrogens with zero attached hydrogens (tertiary/aromatic N) is 1. The highest BCUT2D eigenvalue weighted by molar-refractivity contribution is 7.85. The van der Waals surface area contributed by atoms with Crippen LogP contribution in [0.1, 0.15) is 20.3 Å². The molecule has 18 heavy (non-hydrogen) atoms. The average Bonchev–Trinajstić information content (AvgIpc) is 2.22. The van der Waals surface area contributed by atoms with E-state index in [4.69, 9.17) is 9.66 Å². The summed E-state index contributed by atoms with van der Waals surface area (Å²) in [5.41, 5.74) is 0. The van der Waals surface area contributed by atoms with E-state index < -0.39 is 16.1 Å². The average molecular weight is 284 g/mol. The summed E-state index contributed by atoms with van der Waals surface area (Å²) >= 11 is 0. The van der Waals surface area contributed by atoms with Gasteiger partial charge in [0.2, 0.25) is 0 Å². The molecule has 0 bridgehead atoms. The van der Waals surface area contributed by atoms with Crippen molar-refractivity contribution >= 4 is 16.1 Å². The van der Waals surface area contributed by atoms with Gasteiger partial charge in [-0.05, 0) is 40.5 Å². The number of nitrogens with one attached hydrogen (secondary N) is 1. The molecule has 0 aliphatic carbocycles. The lowest BCUT2D eigenvalue weighted by molar-refractivity contribution is -0.141. The maximum atomic E-state index is 10.1. The van der Waals surface area contributed by atoms with Crippen molar-refractivity contribution in [3.8, 4) is 0 Å². The minimum atomic E-state index is -3.74. The van der Waals surface area contributed by atoms with Crippen LogP contribution in [-0.2, 0) is 14.9 Å². The molecule has 0 saturated carbocycles. The predicted molar refractivity (Wildman–Crippen MR) is 70.4 cm³/mol. The Labute approximate surface area is 109 Å². The summed E-state index contributed by atoms with van der Waals surface area (Å²) in [5.74, 6) is -0.935. The fraction of sp³-hybridized carbons (Fsp3) is 0.900. The maximum Gasteiger partial charge on any atom is 0.320 e. The summed E-state index contributed by atoms with van der Waals surface area (Å²) in [6.45, 7) is 5.04. The first kappa shape index (κ1) is 19.6. The Morgan fingerprint density at radius 1 is 1.39 bits per heavy atom. The van der Waals surface area contributed by atoms with Gasteiger partial charge in [0.1, 0.15) is 6.04 Å². The number of likely N-dealkylation sites (N-methyl/N-ethyl adjacent to an activating group) is 1. The van der Waals surface area contributed by atoms with Crippen molar-refractivity contribution < 1.29 is 22.9 Å². The normalized spacial score (nSPS) is 12.8. The molecule has 8 heteroatoms. The van der Waals surface area contributed by atoms with Crippen LogP contribution >= 0.6 is 0 Å². The highest BCUT2D eigenvalue weighted by Gasteiger charge is 2.11. The molecule has 110 valence electrons. The number of carboxylic acid groups (broad SMARTS) is 1. The first-order valence-corrected chi connectivity index (χ1v) is 7.27. The summed E-state index contributed by atoms with van der Waals surface area (Å²) in [6, 6.07) is -0.380. The molecule has 0 aliphatic rings. The van der Waals surface area contributed by atoms with Crippen LogP contribution in [0.4, 0.5) is 0 Å². The van der Waals surface area contributed by atoms with Gasteiger partial charge in [0.05, 0.1) is 5.75 Å². The number of carbonyl (C=O) groups is 1. The Bertz CT molecular complexity index is 316. The van der Waals surface area contributed by atoms with Crippen molar-refractivity contribution in [2.75, 3.05) is 32.9 Å². The molecule has 1 unspecified atom stereocenters. The van der Waals surface area contributed by atoms with Gasteiger partial charge in [-0.1, -0.05) is 6.92 Å². The van der Waals surface area contributed by atoms with Crippen LogP contribution < -0.4 is 5.32 Å². The lowest BCUT2D eigenvalue weighted by atomic mass is 10.3. The summed E-state index contributed by atoms with van der Waals surface area (Å²) < 4.78 is 28.5. The van der Waals surface area contributed by atoms with Crippen LogP contribution in [0.15, 0.2) is 0 Å². The third-order valence-corrected chi connectivity index (χ3v) is 2.94. The predicted octanol–water partition coefficient (Wildman–Crippen LogP) is -0.105.